The molecule has 2 rings (SSSR count). The summed E-state index contributed by atoms with van der Waals surface area (Å²) in [5, 5.41) is 5.47. The van der Waals surface area contributed by atoms with Gasteiger partial charge in [0.1, 0.15) is 0 Å². The third-order valence-corrected chi connectivity index (χ3v) is 3.18. The molecule has 0 aliphatic heterocycles. The van der Waals surface area contributed by atoms with E-state index in [0.717, 1.165) is 17.7 Å². The zero-order valence-electron chi connectivity index (χ0n) is 11.5. The van der Waals surface area contributed by atoms with Crippen LogP contribution in [0.15, 0.2) is 18.2 Å². The molecule has 1 aromatic carbocycles. The smallest absolute Gasteiger partial charge is 0.251 e. The van der Waals surface area contributed by atoms with E-state index in [9.17, 15) is 9.59 Å². The number of nitrogens with one attached hydrogen (secondary N) is 2. The molecule has 1 fully saturated rings. The average Bonchev–Trinajstić information content (AvgIpc) is 3.16. The second-order valence-corrected chi connectivity index (χ2v) is 5.31. The molecule has 19 heavy (non-hydrogen) atoms. The van der Waals surface area contributed by atoms with Gasteiger partial charge in [0.25, 0.3) is 5.91 Å². The molecule has 0 aromatic heterocycles. The molecule has 0 atom stereocenters. The summed E-state index contributed by atoms with van der Waals surface area (Å²) in [5.41, 5.74) is 2.69. The van der Waals surface area contributed by atoms with Gasteiger partial charge in [-0.15, -0.1) is 0 Å². The van der Waals surface area contributed by atoms with Gasteiger partial charge < -0.3 is 10.6 Å². The highest BCUT2D eigenvalue weighted by Gasteiger charge is 2.21. The van der Waals surface area contributed by atoms with Crippen molar-refractivity contribution in [2.24, 2.45) is 5.92 Å². The third-order valence-electron chi connectivity index (χ3n) is 3.18. The van der Waals surface area contributed by atoms with Crippen molar-refractivity contribution in [2.75, 3.05) is 13.1 Å². The molecule has 102 valence electrons. The zero-order valence-corrected chi connectivity index (χ0v) is 11.5. The quantitative estimate of drug-likeness (QED) is 0.844. The highest BCUT2D eigenvalue weighted by molar-refractivity contribution is 5.96. The fourth-order valence-electron chi connectivity index (χ4n) is 2.01. The molecule has 1 saturated carbocycles. The monoisotopic (exact) mass is 260 g/mol. The van der Waals surface area contributed by atoms with Crippen molar-refractivity contribution in [3.63, 3.8) is 0 Å². The predicted octanol–water partition coefficient (Wildman–Crippen LogP) is 1.56. The Labute approximate surface area is 113 Å². The Balaban J connectivity index is 1.80. The van der Waals surface area contributed by atoms with Crippen LogP contribution in [-0.4, -0.2) is 24.9 Å². The number of benzene rings is 1. The van der Waals surface area contributed by atoms with E-state index in [-0.39, 0.29) is 18.4 Å². The number of carbonyl (C=O) groups excluding carboxylic acids is 2. The van der Waals surface area contributed by atoms with E-state index >= 15 is 0 Å². The first kappa shape index (κ1) is 13.6. The summed E-state index contributed by atoms with van der Waals surface area (Å²) in [6.45, 7) is 4.68. The Kier molecular flexibility index (Phi) is 4.20. The van der Waals surface area contributed by atoms with Crippen LogP contribution in [-0.2, 0) is 4.79 Å². The normalized spacial score (nSPS) is 14.0. The minimum atomic E-state index is -0.201. The maximum atomic E-state index is 11.9. The van der Waals surface area contributed by atoms with E-state index in [1.54, 1.807) is 0 Å². The lowest BCUT2D eigenvalue weighted by molar-refractivity contribution is -0.120. The van der Waals surface area contributed by atoms with E-state index in [2.05, 4.69) is 10.6 Å². The Bertz CT molecular complexity index is 473. The van der Waals surface area contributed by atoms with E-state index in [0.29, 0.717) is 11.5 Å². The first-order chi connectivity index (χ1) is 9.04. The van der Waals surface area contributed by atoms with Crippen molar-refractivity contribution in [1.29, 1.82) is 0 Å². The van der Waals surface area contributed by atoms with Gasteiger partial charge in [-0.2, -0.15) is 0 Å². The van der Waals surface area contributed by atoms with Crippen LogP contribution in [0.3, 0.4) is 0 Å². The standard InChI is InChI=1S/C15H20N2O2/c1-10-5-11(2)7-13(6-10)15(19)17-9-14(18)16-8-12-3-4-12/h5-7,12H,3-4,8-9H2,1-2H3,(H,16,18)(H,17,19). The van der Waals surface area contributed by atoms with Gasteiger partial charge in [-0.05, 0) is 44.7 Å². The summed E-state index contributed by atoms with van der Waals surface area (Å²) in [6, 6.07) is 5.66. The number of amides is 2. The summed E-state index contributed by atoms with van der Waals surface area (Å²) in [7, 11) is 0. The van der Waals surface area contributed by atoms with Crippen molar-refractivity contribution < 1.29 is 9.59 Å². The van der Waals surface area contributed by atoms with Crippen molar-refractivity contribution in [3.8, 4) is 0 Å². The highest BCUT2D eigenvalue weighted by Crippen LogP contribution is 2.27. The van der Waals surface area contributed by atoms with Crippen molar-refractivity contribution in [2.45, 2.75) is 26.7 Å². The van der Waals surface area contributed by atoms with Crippen LogP contribution in [0.5, 0.6) is 0 Å². The molecule has 0 unspecified atom stereocenters. The van der Waals surface area contributed by atoms with E-state index in [1.807, 2.05) is 32.0 Å². The summed E-state index contributed by atoms with van der Waals surface area (Å²) in [5.74, 6) is 0.331. The Morgan fingerprint density at radius 3 is 2.32 bits per heavy atom. The third kappa shape index (κ3) is 4.39. The number of carbonyl (C=O) groups is 2. The average molecular weight is 260 g/mol. The van der Waals surface area contributed by atoms with Gasteiger partial charge >= 0.3 is 0 Å². The Morgan fingerprint density at radius 1 is 1.11 bits per heavy atom. The van der Waals surface area contributed by atoms with Crippen molar-refractivity contribution in [1.82, 2.24) is 10.6 Å². The van der Waals surface area contributed by atoms with Gasteiger partial charge in [0.05, 0.1) is 6.54 Å². The molecule has 0 heterocycles. The molecule has 1 aliphatic carbocycles. The summed E-state index contributed by atoms with van der Waals surface area (Å²) >= 11 is 0. The molecule has 0 spiro atoms. The molecule has 2 amide bonds. The Morgan fingerprint density at radius 2 is 1.74 bits per heavy atom. The van der Waals surface area contributed by atoms with Gasteiger partial charge in [0.2, 0.25) is 5.91 Å². The molecule has 0 radical (unpaired) electrons. The maximum Gasteiger partial charge on any atom is 0.251 e. The van der Waals surface area contributed by atoms with Crippen LogP contribution in [0.2, 0.25) is 0 Å². The van der Waals surface area contributed by atoms with Gasteiger partial charge in [-0.1, -0.05) is 17.2 Å². The fraction of sp³-hybridized carbons (Fsp3) is 0.467. The molecular formula is C15H20N2O2. The van der Waals surface area contributed by atoms with Crippen LogP contribution < -0.4 is 10.6 Å². The molecule has 4 heteroatoms. The highest BCUT2D eigenvalue weighted by atomic mass is 16.2. The summed E-state index contributed by atoms with van der Waals surface area (Å²) in [6.07, 6.45) is 2.41. The Hall–Kier alpha value is -1.84. The first-order valence-corrected chi connectivity index (χ1v) is 6.68. The minimum absolute atomic E-state index is 0.0402. The second-order valence-electron chi connectivity index (χ2n) is 5.31. The molecule has 1 aromatic rings. The largest absolute Gasteiger partial charge is 0.354 e. The maximum absolute atomic E-state index is 11.9. The van der Waals surface area contributed by atoms with Gasteiger partial charge in [0, 0.05) is 12.1 Å². The number of hydrogen-bond acceptors (Lipinski definition) is 2. The summed E-state index contributed by atoms with van der Waals surface area (Å²) in [4.78, 5) is 23.4. The zero-order chi connectivity index (χ0) is 13.8. The van der Waals surface area contributed by atoms with Gasteiger partial charge in [0.15, 0.2) is 0 Å². The lowest BCUT2D eigenvalue weighted by Gasteiger charge is -2.07. The predicted molar refractivity (Wildman–Crippen MR) is 74.0 cm³/mol. The lowest BCUT2D eigenvalue weighted by atomic mass is 10.1. The SMILES string of the molecule is Cc1cc(C)cc(C(=O)NCC(=O)NCC2CC2)c1. The molecular weight excluding hydrogens is 240 g/mol. The van der Waals surface area contributed by atoms with Crippen molar-refractivity contribution in [3.05, 3.63) is 34.9 Å². The van der Waals surface area contributed by atoms with Crippen LogP contribution in [0.4, 0.5) is 0 Å². The molecule has 2 N–H and O–H groups in total. The molecule has 1 aliphatic rings. The first-order valence-electron chi connectivity index (χ1n) is 6.68. The lowest BCUT2D eigenvalue weighted by Crippen LogP contribution is -2.37. The number of aryl methyl sites for hydroxylation is 2. The van der Waals surface area contributed by atoms with Gasteiger partial charge in [-0.3, -0.25) is 9.59 Å². The number of hydrogen-bond donors (Lipinski definition) is 2. The van der Waals surface area contributed by atoms with Crippen LogP contribution in [0.1, 0.15) is 34.3 Å². The van der Waals surface area contributed by atoms with Gasteiger partial charge in [-0.25, -0.2) is 0 Å². The topological polar surface area (TPSA) is 58.2 Å². The van der Waals surface area contributed by atoms with E-state index in [1.165, 1.54) is 12.8 Å². The van der Waals surface area contributed by atoms with Crippen LogP contribution in [0.25, 0.3) is 0 Å². The van der Waals surface area contributed by atoms with Crippen molar-refractivity contribution >= 4 is 11.8 Å². The fourth-order valence-corrected chi connectivity index (χ4v) is 2.01. The minimum Gasteiger partial charge on any atom is -0.354 e. The van der Waals surface area contributed by atoms with Crippen LogP contribution >= 0.6 is 0 Å². The molecule has 4 nitrogen and oxygen atoms in total. The second kappa shape index (κ2) is 5.87. The van der Waals surface area contributed by atoms with E-state index < -0.39 is 0 Å². The van der Waals surface area contributed by atoms with Crippen LogP contribution in [0, 0.1) is 19.8 Å². The van der Waals surface area contributed by atoms with E-state index in [4.69, 9.17) is 0 Å². The number of rotatable bonds is 5. The molecule has 0 bridgehead atoms. The summed E-state index contributed by atoms with van der Waals surface area (Å²) < 4.78 is 0. The molecule has 0 saturated heterocycles.